The third-order valence-corrected chi connectivity index (χ3v) is 4.32. The van der Waals surface area contributed by atoms with Crippen LogP contribution in [0, 0.1) is 13.8 Å². The minimum absolute atomic E-state index is 0.0734. The Labute approximate surface area is 125 Å². The van der Waals surface area contributed by atoms with Crippen molar-refractivity contribution in [1.29, 1.82) is 0 Å². The Morgan fingerprint density at radius 1 is 1.38 bits per heavy atom. The van der Waals surface area contributed by atoms with E-state index >= 15 is 0 Å². The predicted molar refractivity (Wildman–Crippen MR) is 83.4 cm³/mol. The maximum atomic E-state index is 12.3. The molecule has 1 aromatic carbocycles. The molecule has 2 aromatic rings. The van der Waals surface area contributed by atoms with Crippen molar-refractivity contribution in [2.75, 3.05) is 5.32 Å². The number of hydrogen-bond donors (Lipinski definition) is 2. The highest BCUT2D eigenvalue weighted by molar-refractivity contribution is 5.92. The molecule has 1 aliphatic rings. The SMILES string of the molecule is Cc1n[nH]c(C)c1NC(=O)C[C@@H]1CCCc2ccccc21. The largest absolute Gasteiger partial charge is 0.323 e. The van der Waals surface area contributed by atoms with E-state index in [1.54, 1.807) is 0 Å². The molecule has 4 heteroatoms. The minimum Gasteiger partial charge on any atom is -0.323 e. The first kappa shape index (κ1) is 13.9. The van der Waals surface area contributed by atoms with Gasteiger partial charge in [-0.05, 0) is 50.2 Å². The number of aromatic amines is 1. The number of nitrogens with one attached hydrogen (secondary N) is 2. The van der Waals surface area contributed by atoms with Gasteiger partial charge in [-0.25, -0.2) is 0 Å². The number of H-pyrrole nitrogens is 1. The van der Waals surface area contributed by atoms with Gasteiger partial charge in [-0.2, -0.15) is 5.10 Å². The van der Waals surface area contributed by atoms with Crippen LogP contribution in [0.2, 0.25) is 0 Å². The minimum atomic E-state index is 0.0734. The molecule has 0 fully saturated rings. The molecule has 110 valence electrons. The summed E-state index contributed by atoms with van der Waals surface area (Å²) in [5, 5.41) is 10.0. The van der Waals surface area contributed by atoms with Crippen molar-refractivity contribution in [1.82, 2.24) is 10.2 Å². The van der Waals surface area contributed by atoms with Gasteiger partial charge in [0.25, 0.3) is 0 Å². The Morgan fingerprint density at radius 3 is 2.95 bits per heavy atom. The average Bonchev–Trinajstić information content (AvgIpc) is 2.79. The van der Waals surface area contributed by atoms with E-state index in [0.717, 1.165) is 29.9 Å². The van der Waals surface area contributed by atoms with Gasteiger partial charge >= 0.3 is 0 Å². The lowest BCUT2D eigenvalue weighted by atomic mass is 9.81. The van der Waals surface area contributed by atoms with E-state index < -0.39 is 0 Å². The zero-order valence-corrected chi connectivity index (χ0v) is 12.6. The molecule has 1 aliphatic carbocycles. The van der Waals surface area contributed by atoms with E-state index in [2.05, 4.69) is 39.8 Å². The van der Waals surface area contributed by atoms with Crippen LogP contribution in [-0.4, -0.2) is 16.1 Å². The fourth-order valence-electron chi connectivity index (χ4n) is 3.22. The third kappa shape index (κ3) is 2.84. The van der Waals surface area contributed by atoms with E-state index in [-0.39, 0.29) is 5.91 Å². The maximum Gasteiger partial charge on any atom is 0.225 e. The average molecular weight is 283 g/mol. The number of carbonyl (C=O) groups excluding carboxylic acids is 1. The van der Waals surface area contributed by atoms with Crippen molar-refractivity contribution in [3.05, 3.63) is 46.8 Å². The molecule has 1 heterocycles. The fraction of sp³-hybridized carbons (Fsp3) is 0.412. The van der Waals surface area contributed by atoms with Crippen LogP contribution >= 0.6 is 0 Å². The Hall–Kier alpha value is -2.10. The van der Waals surface area contributed by atoms with Gasteiger partial charge in [-0.1, -0.05) is 24.3 Å². The lowest BCUT2D eigenvalue weighted by Gasteiger charge is -2.25. The molecule has 0 unspecified atom stereocenters. The van der Waals surface area contributed by atoms with Crippen LogP contribution in [-0.2, 0) is 11.2 Å². The third-order valence-electron chi connectivity index (χ3n) is 4.32. The molecular formula is C17H21N3O. The highest BCUT2D eigenvalue weighted by Crippen LogP contribution is 2.34. The Balaban J connectivity index is 1.72. The summed E-state index contributed by atoms with van der Waals surface area (Å²) >= 11 is 0. The summed E-state index contributed by atoms with van der Waals surface area (Å²) in [5.41, 5.74) is 5.32. The lowest BCUT2D eigenvalue weighted by molar-refractivity contribution is -0.116. The van der Waals surface area contributed by atoms with Gasteiger partial charge in [0.15, 0.2) is 0 Å². The Morgan fingerprint density at radius 2 is 2.19 bits per heavy atom. The summed E-state index contributed by atoms with van der Waals surface area (Å²) in [6.45, 7) is 3.82. The number of carbonyl (C=O) groups is 1. The fourth-order valence-corrected chi connectivity index (χ4v) is 3.22. The first-order valence-corrected chi connectivity index (χ1v) is 7.54. The van der Waals surface area contributed by atoms with Crippen molar-refractivity contribution >= 4 is 11.6 Å². The quantitative estimate of drug-likeness (QED) is 0.906. The highest BCUT2D eigenvalue weighted by atomic mass is 16.1. The maximum absolute atomic E-state index is 12.3. The molecule has 2 N–H and O–H groups in total. The molecule has 0 radical (unpaired) electrons. The van der Waals surface area contributed by atoms with E-state index in [1.807, 2.05) is 13.8 Å². The standard InChI is InChI=1S/C17H21N3O/c1-11-17(12(2)20-19-11)18-16(21)10-14-8-5-7-13-6-3-4-9-15(13)14/h3-4,6,9,14H,5,7-8,10H2,1-2H3,(H,18,21)(H,19,20)/t14-/m0/s1. The normalized spacial score (nSPS) is 17.3. The molecule has 0 aliphatic heterocycles. The van der Waals surface area contributed by atoms with Crippen LogP contribution in [0.25, 0.3) is 0 Å². The van der Waals surface area contributed by atoms with Crippen molar-refractivity contribution in [3.8, 4) is 0 Å². The monoisotopic (exact) mass is 283 g/mol. The van der Waals surface area contributed by atoms with Crippen LogP contribution in [0.1, 0.15) is 47.7 Å². The number of amides is 1. The van der Waals surface area contributed by atoms with Crippen molar-refractivity contribution in [3.63, 3.8) is 0 Å². The number of aromatic nitrogens is 2. The van der Waals surface area contributed by atoms with Gasteiger partial charge in [0.05, 0.1) is 17.1 Å². The first-order chi connectivity index (χ1) is 10.1. The second-order valence-corrected chi connectivity index (χ2v) is 5.85. The Kier molecular flexibility index (Phi) is 3.78. The van der Waals surface area contributed by atoms with Crippen molar-refractivity contribution in [2.24, 2.45) is 0 Å². The molecule has 0 spiro atoms. The van der Waals surface area contributed by atoms with Gasteiger partial charge in [0, 0.05) is 6.42 Å². The summed E-state index contributed by atoms with van der Waals surface area (Å²) in [6, 6.07) is 8.50. The van der Waals surface area contributed by atoms with Crippen LogP contribution < -0.4 is 5.32 Å². The zero-order valence-electron chi connectivity index (χ0n) is 12.6. The second-order valence-electron chi connectivity index (χ2n) is 5.85. The second kappa shape index (κ2) is 5.72. The number of benzene rings is 1. The summed E-state index contributed by atoms with van der Waals surface area (Å²) < 4.78 is 0. The summed E-state index contributed by atoms with van der Waals surface area (Å²) in [5.74, 6) is 0.409. The predicted octanol–water partition coefficient (Wildman–Crippen LogP) is 3.48. The van der Waals surface area contributed by atoms with Crippen LogP contribution in [0.3, 0.4) is 0 Å². The van der Waals surface area contributed by atoms with E-state index in [4.69, 9.17) is 0 Å². The molecule has 21 heavy (non-hydrogen) atoms. The lowest BCUT2D eigenvalue weighted by Crippen LogP contribution is -2.19. The summed E-state index contributed by atoms with van der Waals surface area (Å²) in [6.07, 6.45) is 3.93. The smallest absolute Gasteiger partial charge is 0.225 e. The molecule has 0 saturated carbocycles. The number of nitrogens with zero attached hydrogens (tertiary/aromatic N) is 1. The molecule has 1 amide bonds. The number of hydrogen-bond acceptors (Lipinski definition) is 2. The van der Waals surface area contributed by atoms with E-state index in [0.29, 0.717) is 12.3 Å². The molecule has 1 atom stereocenters. The summed E-state index contributed by atoms with van der Waals surface area (Å²) in [7, 11) is 0. The van der Waals surface area contributed by atoms with Gasteiger partial charge in [0.2, 0.25) is 5.91 Å². The first-order valence-electron chi connectivity index (χ1n) is 7.54. The van der Waals surface area contributed by atoms with Gasteiger partial charge < -0.3 is 5.32 Å². The topological polar surface area (TPSA) is 57.8 Å². The summed E-state index contributed by atoms with van der Waals surface area (Å²) in [4.78, 5) is 12.3. The highest BCUT2D eigenvalue weighted by Gasteiger charge is 2.22. The number of rotatable bonds is 3. The molecule has 4 nitrogen and oxygen atoms in total. The van der Waals surface area contributed by atoms with Crippen LogP contribution in [0.4, 0.5) is 5.69 Å². The molecule has 3 rings (SSSR count). The van der Waals surface area contributed by atoms with Crippen molar-refractivity contribution < 1.29 is 4.79 Å². The Bertz CT molecular complexity index is 640. The van der Waals surface area contributed by atoms with Crippen molar-refractivity contribution in [2.45, 2.75) is 45.4 Å². The van der Waals surface area contributed by atoms with Crippen LogP contribution in [0.15, 0.2) is 24.3 Å². The molecular weight excluding hydrogens is 262 g/mol. The molecule has 0 bridgehead atoms. The van der Waals surface area contributed by atoms with Gasteiger partial charge in [-0.15, -0.1) is 0 Å². The van der Waals surface area contributed by atoms with Gasteiger partial charge in [-0.3, -0.25) is 9.89 Å². The zero-order chi connectivity index (χ0) is 14.8. The van der Waals surface area contributed by atoms with E-state index in [9.17, 15) is 4.79 Å². The number of aryl methyl sites for hydroxylation is 3. The molecule has 1 aromatic heterocycles. The number of anilines is 1. The number of fused-ring (bicyclic) bond motifs is 1. The van der Waals surface area contributed by atoms with E-state index in [1.165, 1.54) is 17.5 Å². The van der Waals surface area contributed by atoms with Crippen LogP contribution in [0.5, 0.6) is 0 Å². The molecule has 0 saturated heterocycles. The van der Waals surface area contributed by atoms with Gasteiger partial charge in [0.1, 0.15) is 0 Å².